The molecule has 52 heavy (non-hydrogen) atoms. The molecule has 0 aromatic heterocycles. The van der Waals surface area contributed by atoms with Crippen LogP contribution < -0.4 is 31.4 Å². The number of amides is 2. The fraction of sp³-hybridized carbons (Fsp3) is 0.585. The number of carbonyl (C=O) groups is 2. The SMILES string of the molecule is CC.CCC(N)=[NH+]C(CNC=C(C)C)C1(C)[C@H](O)[C@H](NC(=O)c2cccc3c2OCCC3(C)C)CN1C.C\C=C/C=C(OC)\C(=C\CC)C(=O)NC. The minimum absolute atomic E-state index is 0.0531. The Morgan fingerprint density at radius 3 is 2.44 bits per heavy atom. The van der Waals surface area contributed by atoms with Crippen LogP contribution in [0.3, 0.4) is 0 Å². The summed E-state index contributed by atoms with van der Waals surface area (Å²) in [5.74, 6) is 1.54. The lowest BCUT2D eigenvalue weighted by atomic mass is 9.79. The molecule has 0 bridgehead atoms. The molecule has 0 saturated carbocycles. The number of fused-ring (bicyclic) bond motifs is 1. The summed E-state index contributed by atoms with van der Waals surface area (Å²) < 4.78 is 11.1. The van der Waals surface area contributed by atoms with Gasteiger partial charge in [0.05, 0.1) is 49.1 Å². The van der Waals surface area contributed by atoms with E-state index in [0.29, 0.717) is 54.6 Å². The topological polar surface area (TPSA) is 152 Å². The average molecular weight is 726 g/mol. The molecule has 0 spiro atoms. The minimum Gasteiger partial charge on any atom is -0.496 e. The van der Waals surface area contributed by atoms with Crippen molar-refractivity contribution in [3.05, 3.63) is 76.7 Å². The van der Waals surface area contributed by atoms with Gasteiger partial charge in [0.1, 0.15) is 17.6 Å². The summed E-state index contributed by atoms with van der Waals surface area (Å²) in [6.07, 6.45) is 10.9. The summed E-state index contributed by atoms with van der Waals surface area (Å²) >= 11 is 0. The Hall–Kier alpha value is -4.09. The first-order valence-corrected chi connectivity index (χ1v) is 18.6. The predicted octanol–water partition coefficient (Wildman–Crippen LogP) is 3.84. The van der Waals surface area contributed by atoms with Gasteiger partial charge < -0.3 is 30.5 Å². The van der Waals surface area contributed by atoms with Crippen LogP contribution in [0, 0.1) is 0 Å². The third kappa shape index (κ3) is 12.0. The first-order chi connectivity index (χ1) is 24.6. The smallest absolute Gasteiger partial charge is 0.255 e. The van der Waals surface area contributed by atoms with Gasteiger partial charge in [0, 0.05) is 25.6 Å². The number of benzene rings is 1. The Kier molecular flexibility index (Phi) is 19.5. The van der Waals surface area contributed by atoms with Crippen LogP contribution in [0.4, 0.5) is 0 Å². The van der Waals surface area contributed by atoms with E-state index >= 15 is 0 Å². The number of amidine groups is 1. The van der Waals surface area contributed by atoms with Gasteiger partial charge in [-0.25, -0.2) is 0 Å². The van der Waals surface area contributed by atoms with Gasteiger partial charge >= 0.3 is 0 Å². The first kappa shape index (κ1) is 45.9. The number of nitrogens with zero attached hydrogens (tertiary/aromatic N) is 1. The lowest BCUT2D eigenvalue weighted by Gasteiger charge is -2.39. The van der Waals surface area contributed by atoms with Crippen molar-refractivity contribution >= 4 is 17.6 Å². The second kappa shape index (κ2) is 22.1. The van der Waals surface area contributed by atoms with Crippen molar-refractivity contribution in [2.45, 2.75) is 118 Å². The highest BCUT2D eigenvalue weighted by Crippen LogP contribution is 2.40. The fourth-order valence-corrected chi connectivity index (χ4v) is 6.22. The molecule has 0 aliphatic carbocycles. The molecule has 1 saturated heterocycles. The standard InChI is InChI=1S/C27H43N5O3.C12H19NO2.C2H6/c1-8-22(28)31-21(15-29-14-17(2)3)27(6)24(33)20(16-32(27)7)30-25(34)18-10-9-11-19-23(18)35-13-12-26(19,4)5;1-5-7-9-11(15-4)10(8-6-2)12(14)13-3;1-2/h9-11,14,20-21,24,29,33H,8,12-13,15-16H2,1-7H3,(H2,28,31)(H,30,34);5,7-9H,6H2,1-4H3,(H,13,14);1-2H3/p+1/b;7-5-,10-8-,11-9+;/t20-,21?,24-,27?;;/m1../s1. The number of para-hydroxylation sites is 1. The van der Waals surface area contributed by atoms with Crippen molar-refractivity contribution in [1.82, 2.24) is 20.9 Å². The number of methoxy groups -OCH3 is 1. The summed E-state index contributed by atoms with van der Waals surface area (Å²) in [6, 6.07) is 5.10. The lowest BCUT2D eigenvalue weighted by molar-refractivity contribution is -0.522. The summed E-state index contributed by atoms with van der Waals surface area (Å²) in [5, 5.41) is 20.6. The number of rotatable bonds is 13. The highest BCUT2D eigenvalue weighted by Gasteiger charge is 2.54. The number of hydrogen-bond acceptors (Lipinski definition) is 7. The van der Waals surface area contributed by atoms with Gasteiger partial charge in [-0.1, -0.05) is 77.5 Å². The van der Waals surface area contributed by atoms with Crippen LogP contribution in [0.25, 0.3) is 0 Å². The number of aliphatic hydroxyl groups is 1. The number of carbonyl (C=O) groups excluding carboxylic acids is 2. The summed E-state index contributed by atoms with van der Waals surface area (Å²) in [5.41, 5.74) is 8.74. The van der Waals surface area contributed by atoms with Crippen LogP contribution in [0.1, 0.15) is 104 Å². The van der Waals surface area contributed by atoms with Crippen molar-refractivity contribution in [2.24, 2.45) is 5.73 Å². The van der Waals surface area contributed by atoms with Crippen LogP contribution >= 0.6 is 0 Å². The van der Waals surface area contributed by atoms with E-state index in [1.54, 1.807) is 26.3 Å². The van der Waals surface area contributed by atoms with Crippen molar-refractivity contribution in [1.29, 1.82) is 0 Å². The van der Waals surface area contributed by atoms with Crippen molar-refractivity contribution in [2.75, 3.05) is 40.9 Å². The number of likely N-dealkylation sites (tertiary alicyclic amines) is 1. The minimum atomic E-state index is -0.816. The van der Waals surface area contributed by atoms with Crippen LogP contribution in [0.5, 0.6) is 5.75 Å². The van der Waals surface area contributed by atoms with E-state index in [1.165, 1.54) is 0 Å². The van der Waals surface area contributed by atoms with E-state index in [4.69, 9.17) is 15.2 Å². The number of aliphatic hydroxyl groups excluding tert-OH is 1. The Balaban J connectivity index is 0.000000669. The molecule has 1 aromatic carbocycles. The van der Waals surface area contributed by atoms with Gasteiger partial charge in [-0.3, -0.25) is 25.2 Å². The maximum Gasteiger partial charge on any atom is 0.255 e. The van der Waals surface area contributed by atoms with Crippen molar-refractivity contribution in [3.8, 4) is 5.75 Å². The molecule has 2 heterocycles. The number of likely N-dealkylation sites (N-methyl/N-ethyl adjacent to an activating group) is 2. The van der Waals surface area contributed by atoms with Gasteiger partial charge in [-0.15, -0.1) is 0 Å². The van der Waals surface area contributed by atoms with Gasteiger partial charge in [0.25, 0.3) is 11.8 Å². The first-order valence-electron chi connectivity index (χ1n) is 18.6. The Labute approximate surface area is 313 Å². The maximum atomic E-state index is 13.4. The molecule has 2 aliphatic rings. The summed E-state index contributed by atoms with van der Waals surface area (Å²) in [6.45, 7) is 22.0. The predicted molar refractivity (Wildman–Crippen MR) is 213 cm³/mol. The molecule has 3 rings (SSSR count). The number of nitrogens with one attached hydrogen (secondary N) is 4. The second-order valence-corrected chi connectivity index (χ2v) is 13.9. The molecule has 292 valence electrons. The molecule has 0 radical (unpaired) electrons. The van der Waals surface area contributed by atoms with Crippen molar-refractivity contribution in [3.63, 3.8) is 0 Å². The van der Waals surface area contributed by atoms with Gasteiger partial charge in [0.15, 0.2) is 0 Å². The number of nitrogens with two attached hydrogens (primary N) is 1. The molecule has 11 heteroatoms. The number of allylic oxidation sites excluding steroid dienone is 5. The Bertz CT molecular complexity index is 1460. The highest BCUT2D eigenvalue weighted by atomic mass is 16.5. The maximum absolute atomic E-state index is 13.4. The number of hydrogen-bond donors (Lipinski definition) is 6. The molecule has 2 amide bonds. The molecule has 1 aromatic rings. The molecule has 2 aliphatic heterocycles. The van der Waals surface area contributed by atoms with Gasteiger partial charge in [0.2, 0.25) is 5.84 Å². The second-order valence-electron chi connectivity index (χ2n) is 13.9. The van der Waals surface area contributed by atoms with Crippen LogP contribution in [0.2, 0.25) is 0 Å². The fourth-order valence-electron chi connectivity index (χ4n) is 6.22. The monoisotopic (exact) mass is 726 g/mol. The van der Waals surface area contributed by atoms with E-state index in [-0.39, 0.29) is 23.3 Å². The molecule has 11 nitrogen and oxygen atoms in total. The normalized spacial score (nSPS) is 22.0. The zero-order chi connectivity index (χ0) is 39.6. The lowest BCUT2D eigenvalue weighted by Crippen LogP contribution is -2.90. The number of ether oxygens (including phenoxy) is 2. The highest BCUT2D eigenvalue weighted by molar-refractivity contribution is 5.98. The van der Waals surface area contributed by atoms with E-state index in [9.17, 15) is 14.7 Å². The molecule has 2 unspecified atom stereocenters. The van der Waals surface area contributed by atoms with Crippen LogP contribution in [-0.4, -0.2) is 92.3 Å². The van der Waals surface area contributed by atoms with E-state index in [0.717, 1.165) is 24.0 Å². The summed E-state index contributed by atoms with van der Waals surface area (Å²) in [7, 11) is 5.14. The quantitative estimate of drug-likeness (QED) is 0.0591. The van der Waals surface area contributed by atoms with E-state index in [2.05, 4.69) is 39.7 Å². The van der Waals surface area contributed by atoms with Crippen molar-refractivity contribution < 1.29 is 29.2 Å². The Morgan fingerprint density at radius 2 is 1.88 bits per heavy atom. The van der Waals surface area contributed by atoms with Crippen LogP contribution in [0.15, 0.2) is 65.6 Å². The average Bonchev–Trinajstić information content (AvgIpc) is 3.34. The molecule has 4 atom stereocenters. The third-order valence-corrected chi connectivity index (χ3v) is 9.52. The Morgan fingerprint density at radius 1 is 1.21 bits per heavy atom. The largest absolute Gasteiger partial charge is 0.496 e. The molecule has 7 N–H and O–H groups in total. The zero-order valence-electron chi connectivity index (χ0n) is 34.2. The zero-order valence-corrected chi connectivity index (χ0v) is 34.2. The van der Waals surface area contributed by atoms with Crippen LogP contribution in [-0.2, 0) is 14.9 Å². The molecular weight excluding hydrogens is 656 g/mol. The van der Waals surface area contributed by atoms with E-state index < -0.39 is 17.7 Å². The van der Waals surface area contributed by atoms with E-state index in [1.807, 2.05) is 99.0 Å². The molecular formula is C41H69N6O5+. The summed E-state index contributed by atoms with van der Waals surface area (Å²) in [4.78, 5) is 30.5. The van der Waals surface area contributed by atoms with Gasteiger partial charge in [-0.2, -0.15) is 0 Å². The third-order valence-electron chi connectivity index (χ3n) is 9.52. The van der Waals surface area contributed by atoms with Gasteiger partial charge in [-0.05, 0) is 71.3 Å². The molecule has 1 fully saturated rings.